The van der Waals surface area contributed by atoms with Crippen LogP contribution in [0, 0.1) is 0 Å². The van der Waals surface area contributed by atoms with Gasteiger partial charge in [0.05, 0.1) is 19.6 Å². The predicted octanol–water partition coefficient (Wildman–Crippen LogP) is 6.02. The van der Waals surface area contributed by atoms with Crippen LogP contribution < -0.4 is 4.74 Å². The molecule has 0 radical (unpaired) electrons. The SMILES string of the molecule is COc1ccc(CC(=O)N(CC(=O)N2CCc3sccc3C2c2ccc(Cl)cc2Cl)C(C)C)cc1. The number of nitrogens with zero attached hydrogens (tertiary/aromatic N) is 2. The molecule has 0 saturated carbocycles. The maximum Gasteiger partial charge on any atom is 0.243 e. The van der Waals surface area contributed by atoms with Crippen molar-refractivity contribution in [2.75, 3.05) is 20.2 Å². The molecular formula is C27H28Cl2N2O3S. The summed E-state index contributed by atoms with van der Waals surface area (Å²) in [5, 5.41) is 3.12. The molecule has 1 aliphatic heterocycles. The van der Waals surface area contributed by atoms with E-state index in [0.717, 1.165) is 28.9 Å². The summed E-state index contributed by atoms with van der Waals surface area (Å²) in [6.07, 6.45) is 0.999. The molecule has 2 amide bonds. The van der Waals surface area contributed by atoms with Crippen LogP contribution in [0.3, 0.4) is 0 Å². The largest absolute Gasteiger partial charge is 0.497 e. The molecule has 1 aliphatic rings. The van der Waals surface area contributed by atoms with Crippen LogP contribution in [0.2, 0.25) is 10.0 Å². The van der Waals surface area contributed by atoms with Crippen molar-refractivity contribution in [3.8, 4) is 5.75 Å². The van der Waals surface area contributed by atoms with E-state index in [9.17, 15) is 9.59 Å². The Morgan fingerprint density at radius 3 is 2.51 bits per heavy atom. The molecule has 1 aromatic heterocycles. The summed E-state index contributed by atoms with van der Waals surface area (Å²) < 4.78 is 5.20. The molecule has 0 fully saturated rings. The molecule has 8 heteroatoms. The van der Waals surface area contributed by atoms with E-state index in [1.807, 2.05) is 54.5 Å². The molecule has 184 valence electrons. The zero-order valence-electron chi connectivity index (χ0n) is 20.0. The Bertz CT molecular complexity index is 1210. The normalized spacial score (nSPS) is 15.1. The summed E-state index contributed by atoms with van der Waals surface area (Å²) in [5.74, 6) is 0.546. The number of hydrogen-bond acceptors (Lipinski definition) is 4. The molecule has 3 aromatic rings. The molecule has 1 unspecified atom stereocenters. The van der Waals surface area contributed by atoms with Crippen molar-refractivity contribution in [1.82, 2.24) is 9.80 Å². The van der Waals surface area contributed by atoms with Crippen LogP contribution in [0.15, 0.2) is 53.9 Å². The molecule has 0 N–H and O–H groups in total. The van der Waals surface area contributed by atoms with Gasteiger partial charge in [-0.2, -0.15) is 0 Å². The highest BCUT2D eigenvalue weighted by Crippen LogP contribution is 2.41. The highest BCUT2D eigenvalue weighted by Gasteiger charge is 2.35. The first-order valence-electron chi connectivity index (χ1n) is 11.5. The number of amides is 2. The predicted molar refractivity (Wildman–Crippen MR) is 142 cm³/mol. The van der Waals surface area contributed by atoms with Gasteiger partial charge in [0.15, 0.2) is 0 Å². The lowest BCUT2D eigenvalue weighted by Gasteiger charge is -2.38. The van der Waals surface area contributed by atoms with Crippen LogP contribution in [0.25, 0.3) is 0 Å². The van der Waals surface area contributed by atoms with Gasteiger partial charge in [0, 0.05) is 27.5 Å². The monoisotopic (exact) mass is 530 g/mol. The maximum absolute atomic E-state index is 13.7. The Morgan fingerprint density at radius 2 is 1.86 bits per heavy atom. The van der Waals surface area contributed by atoms with Crippen molar-refractivity contribution in [2.45, 2.75) is 38.8 Å². The minimum absolute atomic E-state index is 0.00777. The van der Waals surface area contributed by atoms with Gasteiger partial charge >= 0.3 is 0 Å². The molecule has 4 rings (SSSR count). The van der Waals surface area contributed by atoms with Crippen LogP contribution >= 0.6 is 34.5 Å². The second-order valence-corrected chi connectivity index (χ2v) is 10.7. The lowest BCUT2D eigenvalue weighted by molar-refractivity contribution is -0.142. The molecule has 2 aromatic carbocycles. The second-order valence-electron chi connectivity index (χ2n) is 8.84. The van der Waals surface area contributed by atoms with E-state index in [2.05, 4.69) is 6.07 Å². The number of halogens is 2. The average molecular weight is 532 g/mol. The molecule has 5 nitrogen and oxygen atoms in total. The maximum atomic E-state index is 13.7. The summed E-state index contributed by atoms with van der Waals surface area (Å²) in [7, 11) is 1.61. The summed E-state index contributed by atoms with van der Waals surface area (Å²) in [6.45, 7) is 4.43. The van der Waals surface area contributed by atoms with Crippen LogP contribution in [-0.2, 0) is 22.4 Å². The zero-order valence-corrected chi connectivity index (χ0v) is 22.3. The second kappa shape index (κ2) is 11.0. The number of carbonyl (C=O) groups is 2. The lowest BCUT2D eigenvalue weighted by atomic mass is 9.93. The fraction of sp³-hybridized carbons (Fsp3) is 0.333. The highest BCUT2D eigenvalue weighted by atomic mass is 35.5. The lowest BCUT2D eigenvalue weighted by Crippen LogP contribution is -2.49. The number of hydrogen-bond donors (Lipinski definition) is 0. The first-order chi connectivity index (χ1) is 16.8. The Kier molecular flexibility index (Phi) is 8.05. The molecular weight excluding hydrogens is 503 g/mol. The summed E-state index contributed by atoms with van der Waals surface area (Å²) in [6, 6.07) is 14.4. The van der Waals surface area contributed by atoms with Gasteiger partial charge in [-0.15, -0.1) is 11.3 Å². The van der Waals surface area contributed by atoms with Gasteiger partial charge in [0.1, 0.15) is 12.3 Å². The van der Waals surface area contributed by atoms with E-state index in [0.29, 0.717) is 16.6 Å². The van der Waals surface area contributed by atoms with Gasteiger partial charge in [0.25, 0.3) is 0 Å². The van der Waals surface area contributed by atoms with Gasteiger partial charge in [-0.05, 0) is 72.7 Å². The van der Waals surface area contributed by atoms with Gasteiger partial charge < -0.3 is 14.5 Å². The van der Waals surface area contributed by atoms with Crippen molar-refractivity contribution in [3.05, 3.63) is 85.5 Å². The number of carbonyl (C=O) groups excluding carboxylic acids is 2. The van der Waals surface area contributed by atoms with Crippen molar-refractivity contribution in [1.29, 1.82) is 0 Å². The number of fused-ring (bicyclic) bond motifs is 1. The molecule has 0 saturated heterocycles. The van der Waals surface area contributed by atoms with E-state index in [4.69, 9.17) is 27.9 Å². The number of benzene rings is 2. The van der Waals surface area contributed by atoms with Crippen LogP contribution in [0.4, 0.5) is 0 Å². The Balaban J connectivity index is 1.57. The van der Waals surface area contributed by atoms with Gasteiger partial charge in [-0.3, -0.25) is 9.59 Å². The third-order valence-electron chi connectivity index (χ3n) is 6.31. The van der Waals surface area contributed by atoms with E-state index in [1.165, 1.54) is 4.88 Å². The quantitative estimate of drug-likeness (QED) is 0.375. The summed E-state index contributed by atoms with van der Waals surface area (Å²) in [4.78, 5) is 31.7. The van der Waals surface area contributed by atoms with Crippen molar-refractivity contribution >= 4 is 46.4 Å². The zero-order chi connectivity index (χ0) is 25.1. The van der Waals surface area contributed by atoms with E-state index in [1.54, 1.807) is 35.5 Å². The molecule has 0 spiro atoms. The summed E-state index contributed by atoms with van der Waals surface area (Å²) >= 11 is 14.4. The Labute approximate surface area is 220 Å². The summed E-state index contributed by atoms with van der Waals surface area (Å²) in [5.41, 5.74) is 2.80. The van der Waals surface area contributed by atoms with Gasteiger partial charge in [0.2, 0.25) is 11.8 Å². The molecule has 0 bridgehead atoms. The highest BCUT2D eigenvalue weighted by molar-refractivity contribution is 7.10. The van der Waals surface area contributed by atoms with E-state index >= 15 is 0 Å². The first-order valence-corrected chi connectivity index (χ1v) is 13.1. The number of rotatable bonds is 7. The third kappa shape index (κ3) is 5.66. The average Bonchev–Trinajstić information content (AvgIpc) is 3.31. The first kappa shape index (κ1) is 25.5. The van der Waals surface area contributed by atoms with Crippen molar-refractivity contribution in [2.24, 2.45) is 0 Å². The molecule has 1 atom stereocenters. The number of methoxy groups -OCH3 is 1. The smallest absolute Gasteiger partial charge is 0.243 e. The van der Waals surface area contributed by atoms with E-state index in [-0.39, 0.29) is 36.9 Å². The topological polar surface area (TPSA) is 49.9 Å². The molecule has 35 heavy (non-hydrogen) atoms. The fourth-order valence-corrected chi connectivity index (χ4v) is 5.87. The van der Waals surface area contributed by atoms with Crippen LogP contribution in [0.1, 0.15) is 41.5 Å². The fourth-order valence-electron chi connectivity index (χ4n) is 4.46. The minimum atomic E-state index is -0.312. The van der Waals surface area contributed by atoms with Crippen LogP contribution in [0.5, 0.6) is 5.75 Å². The molecule has 2 heterocycles. The van der Waals surface area contributed by atoms with E-state index < -0.39 is 0 Å². The Morgan fingerprint density at radius 1 is 1.11 bits per heavy atom. The minimum Gasteiger partial charge on any atom is -0.497 e. The van der Waals surface area contributed by atoms with Gasteiger partial charge in [-0.25, -0.2) is 0 Å². The van der Waals surface area contributed by atoms with Crippen LogP contribution in [-0.4, -0.2) is 47.9 Å². The number of thiophene rings is 1. The standard InChI is InChI=1S/C27H28Cl2N2O3S/c1-17(2)31(25(32)14-18-4-7-20(34-3)8-5-18)16-26(33)30-12-10-24-22(11-13-35-24)27(30)21-9-6-19(28)15-23(21)29/h4-9,11,13,15,17,27H,10,12,14,16H2,1-3H3. The third-order valence-corrected chi connectivity index (χ3v) is 7.87. The van der Waals surface area contributed by atoms with Gasteiger partial charge in [-0.1, -0.05) is 41.4 Å². The molecule has 0 aliphatic carbocycles. The number of ether oxygens (including phenoxy) is 1. The van der Waals surface area contributed by atoms with Crippen molar-refractivity contribution < 1.29 is 14.3 Å². The van der Waals surface area contributed by atoms with Crippen molar-refractivity contribution in [3.63, 3.8) is 0 Å². The Hall–Kier alpha value is -2.54.